The fourth-order valence-electron chi connectivity index (χ4n) is 2.39. The van der Waals surface area contributed by atoms with Crippen molar-refractivity contribution >= 4 is 16.6 Å². The van der Waals surface area contributed by atoms with E-state index < -0.39 is 0 Å². The van der Waals surface area contributed by atoms with Gasteiger partial charge in [-0.3, -0.25) is 0 Å². The molecule has 0 bridgehead atoms. The Balaban J connectivity index is 2.19. The zero-order chi connectivity index (χ0) is 12.7. The molecule has 0 spiro atoms. The van der Waals surface area contributed by atoms with E-state index in [0.717, 1.165) is 5.69 Å². The van der Waals surface area contributed by atoms with Crippen LogP contribution in [0.3, 0.4) is 0 Å². The second kappa shape index (κ2) is 3.91. The minimum absolute atomic E-state index is 0.803. The van der Waals surface area contributed by atoms with Crippen molar-refractivity contribution in [3.8, 4) is 11.1 Å². The quantitative estimate of drug-likeness (QED) is 0.641. The molecule has 0 aliphatic rings. The van der Waals surface area contributed by atoms with Crippen molar-refractivity contribution in [2.45, 2.75) is 6.92 Å². The first kappa shape index (κ1) is 10.9. The maximum Gasteiger partial charge on any atom is 0.0480 e. The lowest BCUT2D eigenvalue weighted by molar-refractivity contribution is 0.918. The first-order valence-corrected chi connectivity index (χ1v) is 6.07. The smallest absolute Gasteiger partial charge is 0.0480 e. The molecule has 0 atom stereocenters. The van der Waals surface area contributed by atoms with Crippen LogP contribution in [0, 0.1) is 6.92 Å². The summed E-state index contributed by atoms with van der Waals surface area (Å²) in [5.74, 6) is 0. The number of hydrogen-bond acceptors (Lipinski definition) is 1. The monoisotopic (exact) mass is 236 g/mol. The van der Waals surface area contributed by atoms with E-state index in [9.17, 15) is 0 Å². The van der Waals surface area contributed by atoms with E-state index in [1.165, 1.54) is 27.7 Å². The Kier molecular flexibility index (Phi) is 2.37. The van der Waals surface area contributed by atoms with Gasteiger partial charge in [-0.1, -0.05) is 18.2 Å². The summed E-state index contributed by atoms with van der Waals surface area (Å²) in [6, 6.07) is 16.8. The van der Waals surface area contributed by atoms with Crippen LogP contribution in [0.25, 0.3) is 22.0 Å². The third-order valence-corrected chi connectivity index (χ3v) is 3.50. The normalized spacial score (nSPS) is 11.0. The predicted molar refractivity (Wildman–Crippen MR) is 77.5 cm³/mol. The summed E-state index contributed by atoms with van der Waals surface area (Å²) in [5, 5.41) is 1.27. The van der Waals surface area contributed by atoms with E-state index in [0.29, 0.717) is 0 Å². The van der Waals surface area contributed by atoms with Crippen LogP contribution in [-0.4, -0.2) is 4.57 Å². The number of nitrogens with two attached hydrogens (primary N) is 1. The highest BCUT2D eigenvalue weighted by Gasteiger charge is 2.04. The minimum Gasteiger partial charge on any atom is -0.399 e. The standard InChI is InChI=1S/C16H16N2/c1-11-8-14-9-13(6-7-16(14)18(11)2)12-4-3-5-15(17)10-12/h3-10H,17H2,1-2H3. The largest absolute Gasteiger partial charge is 0.399 e. The van der Waals surface area contributed by atoms with Crippen molar-refractivity contribution in [3.05, 3.63) is 54.2 Å². The third-order valence-electron chi connectivity index (χ3n) is 3.50. The number of aryl methyl sites for hydroxylation is 2. The van der Waals surface area contributed by atoms with E-state index in [-0.39, 0.29) is 0 Å². The van der Waals surface area contributed by atoms with Gasteiger partial charge in [-0.05, 0) is 48.4 Å². The average Bonchev–Trinajstić information content (AvgIpc) is 2.65. The molecular formula is C16H16N2. The SMILES string of the molecule is Cc1cc2cc(-c3cccc(N)c3)ccc2n1C. The molecule has 0 fully saturated rings. The number of aromatic nitrogens is 1. The fraction of sp³-hybridized carbons (Fsp3) is 0.125. The summed E-state index contributed by atoms with van der Waals surface area (Å²) in [7, 11) is 2.10. The van der Waals surface area contributed by atoms with Gasteiger partial charge in [-0.15, -0.1) is 0 Å². The van der Waals surface area contributed by atoms with Gasteiger partial charge in [0.25, 0.3) is 0 Å². The molecule has 0 aliphatic heterocycles. The summed E-state index contributed by atoms with van der Waals surface area (Å²) in [6.45, 7) is 2.13. The highest BCUT2D eigenvalue weighted by Crippen LogP contribution is 2.27. The lowest BCUT2D eigenvalue weighted by Crippen LogP contribution is -1.89. The topological polar surface area (TPSA) is 30.9 Å². The molecule has 0 aliphatic carbocycles. The molecule has 1 aromatic heterocycles. The molecule has 2 nitrogen and oxygen atoms in total. The summed E-state index contributed by atoms with van der Waals surface area (Å²) in [4.78, 5) is 0. The lowest BCUT2D eigenvalue weighted by Gasteiger charge is -2.04. The van der Waals surface area contributed by atoms with Crippen LogP contribution in [-0.2, 0) is 7.05 Å². The highest BCUT2D eigenvalue weighted by atomic mass is 14.9. The van der Waals surface area contributed by atoms with Gasteiger partial charge in [0, 0.05) is 29.3 Å². The zero-order valence-corrected chi connectivity index (χ0v) is 10.6. The zero-order valence-electron chi connectivity index (χ0n) is 10.6. The number of nitrogen functional groups attached to an aromatic ring is 1. The second-order valence-electron chi connectivity index (χ2n) is 4.74. The van der Waals surface area contributed by atoms with E-state index in [1.54, 1.807) is 0 Å². The highest BCUT2D eigenvalue weighted by molar-refractivity contribution is 5.86. The van der Waals surface area contributed by atoms with E-state index in [2.05, 4.69) is 48.9 Å². The first-order valence-electron chi connectivity index (χ1n) is 6.07. The molecule has 0 radical (unpaired) electrons. The van der Waals surface area contributed by atoms with Gasteiger partial charge in [-0.2, -0.15) is 0 Å². The van der Waals surface area contributed by atoms with Crippen LogP contribution in [0.15, 0.2) is 48.5 Å². The predicted octanol–water partition coefficient (Wildman–Crippen LogP) is 3.74. The van der Waals surface area contributed by atoms with Gasteiger partial charge in [0.15, 0.2) is 0 Å². The molecule has 2 aromatic carbocycles. The third kappa shape index (κ3) is 1.66. The summed E-state index contributed by atoms with van der Waals surface area (Å²) < 4.78 is 2.21. The second-order valence-corrected chi connectivity index (χ2v) is 4.74. The Morgan fingerprint density at radius 3 is 2.50 bits per heavy atom. The Bertz CT molecular complexity index is 723. The van der Waals surface area contributed by atoms with Crippen LogP contribution >= 0.6 is 0 Å². The van der Waals surface area contributed by atoms with Crippen molar-refractivity contribution in [2.24, 2.45) is 7.05 Å². The minimum atomic E-state index is 0.803. The molecule has 1 heterocycles. The van der Waals surface area contributed by atoms with Gasteiger partial charge < -0.3 is 10.3 Å². The fourth-order valence-corrected chi connectivity index (χ4v) is 2.39. The van der Waals surface area contributed by atoms with Gasteiger partial charge >= 0.3 is 0 Å². The van der Waals surface area contributed by atoms with Crippen molar-refractivity contribution in [1.82, 2.24) is 4.57 Å². The number of hydrogen-bond donors (Lipinski definition) is 1. The van der Waals surface area contributed by atoms with Crippen molar-refractivity contribution < 1.29 is 0 Å². The number of anilines is 1. The van der Waals surface area contributed by atoms with Crippen LogP contribution < -0.4 is 5.73 Å². The molecule has 0 saturated carbocycles. The van der Waals surface area contributed by atoms with Gasteiger partial charge in [-0.25, -0.2) is 0 Å². The molecule has 2 N–H and O–H groups in total. The van der Waals surface area contributed by atoms with Gasteiger partial charge in [0.1, 0.15) is 0 Å². The molecule has 18 heavy (non-hydrogen) atoms. The molecule has 0 amide bonds. The van der Waals surface area contributed by atoms with Gasteiger partial charge in [0.2, 0.25) is 0 Å². The van der Waals surface area contributed by atoms with Crippen LogP contribution in [0.1, 0.15) is 5.69 Å². The van der Waals surface area contributed by atoms with E-state index in [4.69, 9.17) is 5.73 Å². The van der Waals surface area contributed by atoms with E-state index >= 15 is 0 Å². The lowest BCUT2D eigenvalue weighted by atomic mass is 10.0. The van der Waals surface area contributed by atoms with Crippen molar-refractivity contribution in [1.29, 1.82) is 0 Å². The summed E-state index contributed by atoms with van der Waals surface area (Å²) in [6.07, 6.45) is 0. The van der Waals surface area contributed by atoms with Crippen LogP contribution in [0.5, 0.6) is 0 Å². The number of nitrogens with zero attached hydrogens (tertiary/aromatic N) is 1. The molecule has 3 aromatic rings. The summed E-state index contributed by atoms with van der Waals surface area (Å²) in [5.41, 5.74) is 11.5. The van der Waals surface area contributed by atoms with E-state index in [1.807, 2.05) is 18.2 Å². The Morgan fingerprint density at radius 2 is 1.72 bits per heavy atom. The van der Waals surface area contributed by atoms with Crippen molar-refractivity contribution in [3.63, 3.8) is 0 Å². The average molecular weight is 236 g/mol. The number of rotatable bonds is 1. The number of benzene rings is 2. The first-order chi connectivity index (χ1) is 8.65. The van der Waals surface area contributed by atoms with Crippen molar-refractivity contribution in [2.75, 3.05) is 5.73 Å². The maximum atomic E-state index is 5.83. The molecular weight excluding hydrogens is 220 g/mol. The molecule has 0 saturated heterocycles. The van der Waals surface area contributed by atoms with Crippen LogP contribution in [0.4, 0.5) is 5.69 Å². The summed E-state index contributed by atoms with van der Waals surface area (Å²) >= 11 is 0. The Morgan fingerprint density at radius 1 is 0.944 bits per heavy atom. The molecule has 2 heteroatoms. The Labute approximate surface area is 107 Å². The van der Waals surface area contributed by atoms with Crippen LogP contribution in [0.2, 0.25) is 0 Å². The number of fused-ring (bicyclic) bond motifs is 1. The Hall–Kier alpha value is -2.22. The maximum absolute atomic E-state index is 5.83. The molecule has 3 rings (SSSR count). The van der Waals surface area contributed by atoms with Gasteiger partial charge in [0.05, 0.1) is 0 Å². The molecule has 0 unspecified atom stereocenters. The molecule has 90 valence electrons.